The number of halogens is 1. The van der Waals surface area contributed by atoms with Crippen LogP contribution in [0.4, 0.5) is 0 Å². The first kappa shape index (κ1) is 13.3. The molecule has 18 heavy (non-hydrogen) atoms. The van der Waals surface area contributed by atoms with E-state index < -0.39 is 0 Å². The Morgan fingerprint density at radius 2 is 2.33 bits per heavy atom. The van der Waals surface area contributed by atoms with Crippen LogP contribution in [0.2, 0.25) is 5.02 Å². The van der Waals surface area contributed by atoms with E-state index in [1.165, 1.54) is 0 Å². The normalized spacial score (nSPS) is 10.8. The maximum atomic E-state index is 5.88. The molecule has 0 aliphatic rings. The summed E-state index contributed by atoms with van der Waals surface area (Å²) in [5.74, 6) is 0.810. The average molecular weight is 283 g/mol. The van der Waals surface area contributed by atoms with Crippen LogP contribution in [0.15, 0.2) is 35.2 Å². The van der Waals surface area contributed by atoms with Crippen molar-refractivity contribution < 1.29 is 4.74 Å². The van der Waals surface area contributed by atoms with Gasteiger partial charge in [-0.25, -0.2) is 4.98 Å². The molecule has 0 fully saturated rings. The molecule has 1 heterocycles. The van der Waals surface area contributed by atoms with E-state index in [1.807, 2.05) is 29.8 Å². The second-order valence-electron chi connectivity index (χ2n) is 4.02. The topological polar surface area (TPSA) is 25.4 Å². The van der Waals surface area contributed by atoms with E-state index in [0.717, 1.165) is 24.5 Å². The number of likely N-dealkylation sites (N-methyl/N-ethyl adjacent to an activating group) is 1. The Kier molecular flexibility index (Phi) is 4.99. The van der Waals surface area contributed by atoms with Gasteiger partial charge in [-0.3, -0.25) is 4.90 Å². The Balaban J connectivity index is 1.72. The lowest BCUT2D eigenvalue weighted by atomic mass is 10.3. The van der Waals surface area contributed by atoms with Gasteiger partial charge in [0.05, 0.1) is 11.2 Å². The lowest BCUT2D eigenvalue weighted by molar-refractivity contribution is 0.231. The number of nitrogens with zero attached hydrogens (tertiary/aromatic N) is 2. The van der Waals surface area contributed by atoms with Crippen molar-refractivity contribution in [3.63, 3.8) is 0 Å². The molecular formula is C13H15ClN2OS. The highest BCUT2D eigenvalue weighted by Gasteiger charge is 2.02. The van der Waals surface area contributed by atoms with Gasteiger partial charge < -0.3 is 4.74 Å². The van der Waals surface area contributed by atoms with Gasteiger partial charge in [0.25, 0.3) is 0 Å². The van der Waals surface area contributed by atoms with E-state index in [9.17, 15) is 0 Å². The minimum Gasteiger partial charge on any atom is -0.492 e. The van der Waals surface area contributed by atoms with Crippen molar-refractivity contribution in [3.8, 4) is 5.75 Å². The van der Waals surface area contributed by atoms with Crippen LogP contribution in [0, 0.1) is 0 Å². The molecule has 0 aliphatic carbocycles. The van der Waals surface area contributed by atoms with Gasteiger partial charge in [0.2, 0.25) is 0 Å². The highest BCUT2D eigenvalue weighted by atomic mass is 35.5. The van der Waals surface area contributed by atoms with Crippen LogP contribution in [0.1, 0.15) is 5.69 Å². The van der Waals surface area contributed by atoms with Gasteiger partial charge in [0.1, 0.15) is 12.4 Å². The molecule has 0 spiro atoms. The smallest absolute Gasteiger partial charge is 0.120 e. The number of benzene rings is 1. The second kappa shape index (κ2) is 6.73. The lowest BCUT2D eigenvalue weighted by Crippen LogP contribution is -2.24. The highest BCUT2D eigenvalue weighted by Crippen LogP contribution is 2.16. The zero-order chi connectivity index (χ0) is 12.8. The highest BCUT2D eigenvalue weighted by molar-refractivity contribution is 7.07. The van der Waals surface area contributed by atoms with Crippen LogP contribution in [0.5, 0.6) is 5.75 Å². The van der Waals surface area contributed by atoms with Crippen LogP contribution in [-0.4, -0.2) is 30.1 Å². The first-order valence-electron chi connectivity index (χ1n) is 5.68. The molecule has 0 saturated carbocycles. The lowest BCUT2D eigenvalue weighted by Gasteiger charge is -2.15. The van der Waals surface area contributed by atoms with Gasteiger partial charge in [-0.2, -0.15) is 0 Å². The minimum absolute atomic E-state index is 0.640. The third-order valence-electron chi connectivity index (χ3n) is 2.45. The van der Waals surface area contributed by atoms with E-state index in [4.69, 9.17) is 16.3 Å². The second-order valence-corrected chi connectivity index (χ2v) is 5.18. The summed E-state index contributed by atoms with van der Waals surface area (Å²) in [5.41, 5.74) is 2.95. The molecular weight excluding hydrogens is 268 g/mol. The van der Waals surface area contributed by atoms with E-state index in [1.54, 1.807) is 11.3 Å². The van der Waals surface area contributed by atoms with Crippen molar-refractivity contribution in [2.24, 2.45) is 0 Å². The summed E-state index contributed by atoms with van der Waals surface area (Å²) in [6.07, 6.45) is 0. The van der Waals surface area contributed by atoms with E-state index in [2.05, 4.69) is 22.3 Å². The molecule has 1 aromatic heterocycles. The molecule has 0 bridgehead atoms. The fourth-order valence-corrected chi connectivity index (χ4v) is 2.28. The molecule has 1 aromatic carbocycles. The third-order valence-corrected chi connectivity index (χ3v) is 3.32. The molecule has 0 saturated heterocycles. The molecule has 0 aliphatic heterocycles. The maximum Gasteiger partial charge on any atom is 0.120 e. The zero-order valence-electron chi connectivity index (χ0n) is 10.2. The molecule has 3 nitrogen and oxygen atoms in total. The van der Waals surface area contributed by atoms with Gasteiger partial charge >= 0.3 is 0 Å². The molecule has 0 amide bonds. The molecule has 0 unspecified atom stereocenters. The maximum absolute atomic E-state index is 5.88. The summed E-state index contributed by atoms with van der Waals surface area (Å²) in [7, 11) is 2.06. The fourth-order valence-electron chi connectivity index (χ4n) is 1.55. The first-order valence-corrected chi connectivity index (χ1v) is 7.00. The summed E-state index contributed by atoms with van der Waals surface area (Å²) >= 11 is 7.50. The van der Waals surface area contributed by atoms with Crippen LogP contribution >= 0.6 is 22.9 Å². The van der Waals surface area contributed by atoms with Crippen LogP contribution in [0.3, 0.4) is 0 Å². The van der Waals surface area contributed by atoms with Crippen molar-refractivity contribution in [1.82, 2.24) is 9.88 Å². The van der Waals surface area contributed by atoms with Gasteiger partial charge in [-0.1, -0.05) is 17.7 Å². The Hall–Kier alpha value is -1.10. The number of hydrogen-bond acceptors (Lipinski definition) is 4. The number of aromatic nitrogens is 1. The van der Waals surface area contributed by atoms with Gasteiger partial charge in [-0.15, -0.1) is 11.3 Å². The molecule has 96 valence electrons. The van der Waals surface area contributed by atoms with Crippen LogP contribution < -0.4 is 4.74 Å². The van der Waals surface area contributed by atoms with Crippen molar-refractivity contribution >= 4 is 22.9 Å². The van der Waals surface area contributed by atoms with Crippen molar-refractivity contribution in [2.75, 3.05) is 20.2 Å². The summed E-state index contributed by atoms with van der Waals surface area (Å²) in [5, 5.41) is 2.76. The molecule has 5 heteroatoms. The van der Waals surface area contributed by atoms with Crippen LogP contribution in [0.25, 0.3) is 0 Å². The van der Waals surface area contributed by atoms with Gasteiger partial charge in [0.15, 0.2) is 0 Å². The fraction of sp³-hybridized carbons (Fsp3) is 0.308. The van der Waals surface area contributed by atoms with E-state index in [0.29, 0.717) is 11.6 Å². The zero-order valence-corrected chi connectivity index (χ0v) is 11.7. The van der Waals surface area contributed by atoms with Crippen molar-refractivity contribution in [3.05, 3.63) is 45.9 Å². The Bertz CT molecular complexity index is 476. The van der Waals surface area contributed by atoms with Gasteiger partial charge in [-0.05, 0) is 25.2 Å². The van der Waals surface area contributed by atoms with Crippen molar-refractivity contribution in [2.45, 2.75) is 6.54 Å². The Morgan fingerprint density at radius 3 is 3.06 bits per heavy atom. The molecule has 0 atom stereocenters. The summed E-state index contributed by atoms with van der Waals surface area (Å²) in [4.78, 5) is 6.43. The number of ether oxygens (including phenoxy) is 1. The van der Waals surface area contributed by atoms with Crippen molar-refractivity contribution in [1.29, 1.82) is 0 Å². The monoisotopic (exact) mass is 282 g/mol. The number of hydrogen-bond donors (Lipinski definition) is 0. The standard InChI is InChI=1S/C13H15ClN2OS/c1-16(8-12-9-18-10-15-12)5-6-17-13-4-2-3-11(14)7-13/h2-4,7,9-10H,5-6,8H2,1H3. The van der Waals surface area contributed by atoms with Crippen LogP contribution in [-0.2, 0) is 6.54 Å². The van der Waals surface area contributed by atoms with E-state index in [-0.39, 0.29) is 0 Å². The summed E-state index contributed by atoms with van der Waals surface area (Å²) in [6, 6.07) is 7.45. The average Bonchev–Trinajstić information content (AvgIpc) is 2.82. The van der Waals surface area contributed by atoms with Gasteiger partial charge in [0, 0.05) is 23.5 Å². The predicted octanol–water partition coefficient (Wildman–Crippen LogP) is 3.31. The molecule has 2 aromatic rings. The van der Waals surface area contributed by atoms with E-state index >= 15 is 0 Å². The Morgan fingerprint density at radius 1 is 1.44 bits per heavy atom. The predicted molar refractivity (Wildman–Crippen MR) is 75.4 cm³/mol. The number of thiazole rings is 1. The SMILES string of the molecule is CN(CCOc1cccc(Cl)c1)Cc1cscn1. The molecule has 0 N–H and O–H groups in total. The molecule has 0 radical (unpaired) electrons. The third kappa shape index (κ3) is 4.29. The minimum atomic E-state index is 0.640. The first-order chi connectivity index (χ1) is 8.74. The largest absolute Gasteiger partial charge is 0.492 e. The summed E-state index contributed by atoms with van der Waals surface area (Å²) in [6.45, 7) is 2.34. The number of rotatable bonds is 6. The Labute approximate surface area is 116 Å². The quantitative estimate of drug-likeness (QED) is 0.813. The summed E-state index contributed by atoms with van der Waals surface area (Å²) < 4.78 is 5.63. The molecule has 2 rings (SSSR count).